The zero-order chi connectivity index (χ0) is 18.1. The first-order chi connectivity index (χ1) is 12.1. The summed E-state index contributed by atoms with van der Waals surface area (Å²) in [5.74, 6) is -1.22. The number of methoxy groups -OCH3 is 1. The maximum absolute atomic E-state index is 13.6. The van der Waals surface area contributed by atoms with Gasteiger partial charge in [-0.1, -0.05) is 24.3 Å². The molecule has 0 atom stereocenters. The van der Waals surface area contributed by atoms with Crippen LogP contribution in [0.5, 0.6) is 0 Å². The second kappa shape index (κ2) is 9.48. The van der Waals surface area contributed by atoms with Crippen LogP contribution in [0.15, 0.2) is 42.5 Å². The number of halogens is 1. The Balaban J connectivity index is 1.94. The summed E-state index contributed by atoms with van der Waals surface area (Å²) in [4.78, 5) is 28.2. The Hall–Kier alpha value is -2.80. The van der Waals surface area contributed by atoms with Crippen LogP contribution in [0.25, 0.3) is 0 Å². The van der Waals surface area contributed by atoms with Crippen molar-refractivity contribution in [2.45, 2.75) is 13.0 Å². The highest BCUT2D eigenvalue weighted by atomic mass is 19.1. The van der Waals surface area contributed by atoms with Crippen molar-refractivity contribution in [1.82, 2.24) is 15.6 Å². The van der Waals surface area contributed by atoms with Gasteiger partial charge in [0.2, 0.25) is 0 Å². The van der Waals surface area contributed by atoms with E-state index < -0.39 is 5.91 Å². The summed E-state index contributed by atoms with van der Waals surface area (Å²) >= 11 is 0. The molecule has 132 valence electrons. The first kappa shape index (κ1) is 18.5. The molecule has 1 heterocycles. The van der Waals surface area contributed by atoms with Crippen molar-refractivity contribution in [3.8, 4) is 0 Å². The van der Waals surface area contributed by atoms with Crippen molar-refractivity contribution >= 4 is 11.8 Å². The molecule has 0 unspecified atom stereocenters. The van der Waals surface area contributed by atoms with Gasteiger partial charge in [-0.3, -0.25) is 9.59 Å². The first-order valence-corrected chi connectivity index (χ1v) is 7.87. The molecule has 25 heavy (non-hydrogen) atoms. The number of aromatic nitrogens is 1. The number of pyridine rings is 1. The largest absolute Gasteiger partial charge is 0.385 e. The standard InChI is InChI=1S/C18H20FN3O3/c1-25-11-5-10-20-17(23)15-8-4-9-16(22-15)18(24)21-12-13-6-2-3-7-14(13)19/h2-4,6-9H,5,10-12H2,1H3,(H,20,23)(H,21,24). The highest BCUT2D eigenvalue weighted by Crippen LogP contribution is 2.06. The van der Waals surface area contributed by atoms with E-state index in [0.717, 1.165) is 0 Å². The maximum atomic E-state index is 13.6. The zero-order valence-electron chi connectivity index (χ0n) is 13.9. The van der Waals surface area contributed by atoms with Gasteiger partial charge in [0, 0.05) is 32.4 Å². The Morgan fingerprint density at radius 1 is 1.04 bits per heavy atom. The lowest BCUT2D eigenvalue weighted by atomic mass is 10.2. The molecule has 0 aliphatic heterocycles. The fraction of sp³-hybridized carbons (Fsp3) is 0.278. The van der Waals surface area contributed by atoms with Crippen molar-refractivity contribution in [2.75, 3.05) is 20.3 Å². The summed E-state index contributed by atoms with van der Waals surface area (Å²) in [5, 5.41) is 5.29. The Kier molecular flexibility index (Phi) is 7.03. The van der Waals surface area contributed by atoms with Crippen LogP contribution in [0.1, 0.15) is 33.0 Å². The lowest BCUT2D eigenvalue weighted by Gasteiger charge is -2.08. The predicted molar refractivity (Wildman–Crippen MR) is 90.6 cm³/mol. The van der Waals surface area contributed by atoms with Gasteiger partial charge < -0.3 is 15.4 Å². The summed E-state index contributed by atoms with van der Waals surface area (Å²) in [7, 11) is 1.59. The summed E-state index contributed by atoms with van der Waals surface area (Å²) in [6.07, 6.45) is 0.686. The minimum absolute atomic E-state index is 0.0423. The van der Waals surface area contributed by atoms with Gasteiger partial charge in [0.25, 0.3) is 11.8 Å². The Labute approximate surface area is 145 Å². The van der Waals surface area contributed by atoms with Crippen molar-refractivity contribution in [2.24, 2.45) is 0 Å². The molecule has 2 N–H and O–H groups in total. The van der Waals surface area contributed by atoms with Crippen LogP contribution in [0.3, 0.4) is 0 Å². The van der Waals surface area contributed by atoms with Crippen LogP contribution in [-0.4, -0.2) is 37.1 Å². The van der Waals surface area contributed by atoms with Gasteiger partial charge in [-0.25, -0.2) is 9.37 Å². The van der Waals surface area contributed by atoms with Gasteiger partial charge in [-0.05, 0) is 24.6 Å². The average molecular weight is 345 g/mol. The molecule has 0 aliphatic carbocycles. The molecule has 0 aliphatic rings. The van der Waals surface area contributed by atoms with E-state index in [1.165, 1.54) is 18.2 Å². The minimum Gasteiger partial charge on any atom is -0.385 e. The molecule has 0 bridgehead atoms. The first-order valence-electron chi connectivity index (χ1n) is 7.87. The van der Waals surface area contributed by atoms with E-state index in [1.807, 2.05) is 0 Å². The number of hydrogen-bond donors (Lipinski definition) is 2. The summed E-state index contributed by atoms with van der Waals surface area (Å²) < 4.78 is 18.5. The monoisotopic (exact) mass is 345 g/mol. The third-order valence-electron chi connectivity index (χ3n) is 3.42. The van der Waals surface area contributed by atoms with Crippen LogP contribution in [0.4, 0.5) is 4.39 Å². The average Bonchev–Trinajstić information content (AvgIpc) is 2.64. The summed E-state index contributed by atoms with van der Waals surface area (Å²) in [5.41, 5.74) is 0.625. The van der Waals surface area contributed by atoms with E-state index in [0.29, 0.717) is 25.1 Å². The quantitative estimate of drug-likeness (QED) is 0.716. The summed E-state index contributed by atoms with van der Waals surface area (Å²) in [6.45, 7) is 1.05. The molecule has 0 saturated heterocycles. The number of amides is 2. The van der Waals surface area contributed by atoms with Gasteiger partial charge in [-0.15, -0.1) is 0 Å². The third kappa shape index (κ3) is 5.65. The van der Waals surface area contributed by atoms with E-state index in [-0.39, 0.29) is 29.7 Å². The number of carbonyl (C=O) groups is 2. The third-order valence-corrected chi connectivity index (χ3v) is 3.42. The van der Waals surface area contributed by atoms with E-state index in [4.69, 9.17) is 4.74 Å². The number of benzene rings is 1. The maximum Gasteiger partial charge on any atom is 0.270 e. The second-order valence-electron chi connectivity index (χ2n) is 5.28. The lowest BCUT2D eigenvalue weighted by Crippen LogP contribution is -2.28. The molecular weight excluding hydrogens is 325 g/mol. The smallest absolute Gasteiger partial charge is 0.270 e. The highest BCUT2D eigenvalue weighted by molar-refractivity contribution is 5.96. The number of ether oxygens (including phenoxy) is 1. The van der Waals surface area contributed by atoms with Crippen molar-refractivity contribution < 1.29 is 18.7 Å². The number of rotatable bonds is 8. The van der Waals surface area contributed by atoms with Crippen molar-refractivity contribution in [3.63, 3.8) is 0 Å². The molecule has 1 aromatic heterocycles. The SMILES string of the molecule is COCCCNC(=O)c1cccc(C(=O)NCc2ccccc2F)n1. The van der Waals surface area contributed by atoms with Crippen LogP contribution >= 0.6 is 0 Å². The Morgan fingerprint density at radius 2 is 1.72 bits per heavy atom. The molecule has 0 fully saturated rings. The van der Waals surface area contributed by atoms with Crippen LogP contribution in [0, 0.1) is 5.82 Å². The fourth-order valence-corrected chi connectivity index (χ4v) is 2.10. The molecule has 6 nitrogen and oxygen atoms in total. The van der Waals surface area contributed by atoms with E-state index in [9.17, 15) is 14.0 Å². The van der Waals surface area contributed by atoms with Gasteiger partial charge in [0.05, 0.1) is 0 Å². The molecule has 0 radical (unpaired) electrons. The van der Waals surface area contributed by atoms with E-state index in [2.05, 4.69) is 15.6 Å². The minimum atomic E-state index is -0.475. The van der Waals surface area contributed by atoms with E-state index >= 15 is 0 Å². The molecule has 1 aromatic carbocycles. The highest BCUT2D eigenvalue weighted by Gasteiger charge is 2.12. The predicted octanol–water partition coefficient (Wildman–Crippen LogP) is 1.92. The Morgan fingerprint density at radius 3 is 2.40 bits per heavy atom. The molecule has 2 amide bonds. The number of nitrogens with one attached hydrogen (secondary N) is 2. The second-order valence-corrected chi connectivity index (χ2v) is 5.28. The van der Waals surface area contributed by atoms with Gasteiger partial charge in [0.1, 0.15) is 17.2 Å². The molecule has 0 spiro atoms. The van der Waals surface area contributed by atoms with Crippen LogP contribution < -0.4 is 10.6 Å². The molecule has 7 heteroatoms. The van der Waals surface area contributed by atoms with Gasteiger partial charge >= 0.3 is 0 Å². The van der Waals surface area contributed by atoms with Gasteiger partial charge in [-0.2, -0.15) is 0 Å². The lowest BCUT2D eigenvalue weighted by molar-refractivity contribution is 0.0940. The number of nitrogens with zero attached hydrogens (tertiary/aromatic N) is 1. The normalized spacial score (nSPS) is 10.3. The van der Waals surface area contributed by atoms with Crippen molar-refractivity contribution in [1.29, 1.82) is 0 Å². The summed E-state index contributed by atoms with van der Waals surface area (Å²) in [6, 6.07) is 10.8. The van der Waals surface area contributed by atoms with Crippen LogP contribution in [-0.2, 0) is 11.3 Å². The van der Waals surface area contributed by atoms with E-state index in [1.54, 1.807) is 31.4 Å². The molecule has 0 saturated carbocycles. The van der Waals surface area contributed by atoms with Crippen molar-refractivity contribution in [3.05, 3.63) is 65.2 Å². The zero-order valence-corrected chi connectivity index (χ0v) is 13.9. The topological polar surface area (TPSA) is 80.3 Å². The van der Waals surface area contributed by atoms with Gasteiger partial charge in [0.15, 0.2) is 0 Å². The molecule has 2 rings (SSSR count). The number of carbonyl (C=O) groups excluding carboxylic acids is 2. The molecule has 2 aromatic rings. The molecular formula is C18H20FN3O3. The van der Waals surface area contributed by atoms with Crippen LogP contribution in [0.2, 0.25) is 0 Å². The number of hydrogen-bond acceptors (Lipinski definition) is 4. The fourth-order valence-electron chi connectivity index (χ4n) is 2.10. The Bertz CT molecular complexity index is 737.